The molecular weight excluding hydrogens is 460 g/mol. The summed E-state index contributed by atoms with van der Waals surface area (Å²) in [4.78, 5) is 64.6. The Kier molecular flexibility index (Phi) is 8.19. The van der Waals surface area contributed by atoms with E-state index in [2.05, 4.69) is 10.6 Å². The summed E-state index contributed by atoms with van der Waals surface area (Å²) in [6.07, 6.45) is 0.629. The monoisotopic (exact) mass is 476 g/mol. The third-order valence-electron chi connectivity index (χ3n) is 4.44. The first-order valence-electron chi connectivity index (χ1n) is 9.45. The Morgan fingerprint density at radius 1 is 0.618 bits per heavy atom. The van der Waals surface area contributed by atoms with E-state index in [4.69, 9.17) is 0 Å². The lowest BCUT2D eigenvalue weighted by molar-refractivity contribution is -0.394. The normalized spacial score (nSPS) is 10.2. The van der Waals surface area contributed by atoms with Crippen molar-refractivity contribution < 1.29 is 29.3 Å². The average Bonchev–Trinajstić information content (AvgIpc) is 2.79. The van der Waals surface area contributed by atoms with Crippen LogP contribution in [0.5, 0.6) is 0 Å². The molecule has 178 valence electrons. The van der Waals surface area contributed by atoms with E-state index in [0.29, 0.717) is 25.0 Å². The molecule has 0 unspecified atom stereocenters. The third kappa shape index (κ3) is 6.25. The summed E-state index contributed by atoms with van der Waals surface area (Å²) >= 11 is 0. The molecule has 0 fully saturated rings. The molecule has 34 heavy (non-hydrogen) atoms. The smallest absolute Gasteiger partial charge is 0.289 e. The summed E-state index contributed by atoms with van der Waals surface area (Å²) in [6, 6.07) is 5.25. The van der Waals surface area contributed by atoms with Crippen LogP contribution in [-0.2, 0) is 0 Å². The van der Waals surface area contributed by atoms with Crippen molar-refractivity contribution in [2.75, 3.05) is 13.1 Å². The van der Waals surface area contributed by atoms with Gasteiger partial charge in [-0.1, -0.05) is 0 Å². The van der Waals surface area contributed by atoms with Crippen LogP contribution in [0.15, 0.2) is 36.4 Å². The Bertz CT molecular complexity index is 1090. The molecule has 0 heterocycles. The van der Waals surface area contributed by atoms with Gasteiger partial charge in [-0.3, -0.25) is 50.0 Å². The van der Waals surface area contributed by atoms with Gasteiger partial charge in [0.2, 0.25) is 0 Å². The number of hydrogen-bond donors (Lipinski definition) is 2. The van der Waals surface area contributed by atoms with Crippen LogP contribution < -0.4 is 10.6 Å². The van der Waals surface area contributed by atoms with Crippen LogP contribution in [0, 0.1) is 40.5 Å². The van der Waals surface area contributed by atoms with E-state index >= 15 is 0 Å². The number of non-ortho nitro benzene ring substituents is 2. The van der Waals surface area contributed by atoms with Gasteiger partial charge < -0.3 is 10.6 Å². The topological polar surface area (TPSA) is 231 Å². The first kappa shape index (κ1) is 25.2. The number of nitrogens with one attached hydrogen (secondary N) is 2. The van der Waals surface area contributed by atoms with E-state index < -0.39 is 54.3 Å². The molecule has 0 bridgehead atoms. The van der Waals surface area contributed by atoms with Gasteiger partial charge in [0, 0.05) is 25.2 Å². The number of nitro groups is 4. The van der Waals surface area contributed by atoms with E-state index in [9.17, 15) is 50.0 Å². The van der Waals surface area contributed by atoms with Gasteiger partial charge in [0.15, 0.2) is 0 Å². The molecule has 0 saturated carbocycles. The van der Waals surface area contributed by atoms with E-state index in [-0.39, 0.29) is 24.2 Å². The lowest BCUT2D eigenvalue weighted by Crippen LogP contribution is -2.28. The predicted octanol–water partition coefficient (Wildman–Crippen LogP) is 2.26. The minimum absolute atomic E-state index is 0.0561. The van der Waals surface area contributed by atoms with Crippen LogP contribution in [0.2, 0.25) is 0 Å². The molecule has 0 aliphatic heterocycles. The van der Waals surface area contributed by atoms with Gasteiger partial charge in [-0.25, -0.2) is 0 Å². The molecule has 2 aromatic carbocycles. The van der Waals surface area contributed by atoms with Crippen molar-refractivity contribution in [3.8, 4) is 0 Å². The van der Waals surface area contributed by atoms with Crippen molar-refractivity contribution in [3.63, 3.8) is 0 Å². The molecule has 2 rings (SSSR count). The summed E-state index contributed by atoms with van der Waals surface area (Å²) in [5.41, 5.74) is -3.21. The fourth-order valence-electron chi connectivity index (χ4n) is 2.80. The molecule has 16 nitrogen and oxygen atoms in total. The average molecular weight is 476 g/mol. The maximum absolute atomic E-state index is 12.2. The van der Waals surface area contributed by atoms with Gasteiger partial charge in [-0.05, 0) is 25.0 Å². The number of hydrogen-bond acceptors (Lipinski definition) is 10. The van der Waals surface area contributed by atoms with Gasteiger partial charge in [0.1, 0.15) is 11.1 Å². The second-order valence-electron chi connectivity index (χ2n) is 6.65. The van der Waals surface area contributed by atoms with Crippen LogP contribution in [0.4, 0.5) is 22.7 Å². The predicted molar refractivity (Wildman–Crippen MR) is 113 cm³/mol. The summed E-state index contributed by atoms with van der Waals surface area (Å²) in [7, 11) is 0. The Balaban J connectivity index is 1.87. The van der Waals surface area contributed by atoms with Gasteiger partial charge in [-0.2, -0.15) is 0 Å². The van der Waals surface area contributed by atoms with Gasteiger partial charge in [0.05, 0.1) is 31.8 Å². The Morgan fingerprint density at radius 2 is 0.971 bits per heavy atom. The maximum Gasteiger partial charge on any atom is 0.289 e. The molecule has 2 amide bonds. The van der Waals surface area contributed by atoms with E-state index in [1.54, 1.807) is 0 Å². The first-order chi connectivity index (χ1) is 16.0. The molecule has 0 saturated heterocycles. The van der Waals surface area contributed by atoms with Crippen LogP contribution in [0.25, 0.3) is 0 Å². The van der Waals surface area contributed by atoms with Crippen LogP contribution in [-0.4, -0.2) is 44.6 Å². The van der Waals surface area contributed by atoms with Crippen molar-refractivity contribution >= 4 is 34.6 Å². The lowest BCUT2D eigenvalue weighted by atomic mass is 10.1. The van der Waals surface area contributed by atoms with Crippen molar-refractivity contribution in [2.45, 2.75) is 12.8 Å². The Hall–Kier alpha value is -5.02. The van der Waals surface area contributed by atoms with E-state index in [1.165, 1.54) is 0 Å². The largest absolute Gasteiger partial charge is 0.352 e. The Labute approximate surface area is 189 Å². The summed E-state index contributed by atoms with van der Waals surface area (Å²) in [6.45, 7) is 0.112. The molecule has 0 aromatic heterocycles. The standard InChI is InChI=1S/C18H16N6O10/c25-17(13-5-3-11(21(27)28)9-15(13)23(31)32)19-7-1-2-8-20-18(26)14-6-4-12(22(29)30)10-16(14)24(33)34/h3-6,9-10H,1-2,7-8H2,(H,19,25)(H,20,26). The number of unbranched alkanes of at least 4 members (excludes halogenated alkanes) is 1. The zero-order valence-corrected chi connectivity index (χ0v) is 17.2. The van der Waals surface area contributed by atoms with E-state index in [1.807, 2.05) is 0 Å². The minimum Gasteiger partial charge on any atom is -0.352 e. The third-order valence-corrected chi connectivity index (χ3v) is 4.44. The first-order valence-corrected chi connectivity index (χ1v) is 9.45. The van der Waals surface area contributed by atoms with Gasteiger partial charge in [-0.15, -0.1) is 0 Å². The number of amides is 2. The highest BCUT2D eigenvalue weighted by Gasteiger charge is 2.25. The molecule has 16 heteroatoms. The van der Waals surface area contributed by atoms with Crippen LogP contribution in [0.3, 0.4) is 0 Å². The SMILES string of the molecule is O=C(NCCCCNC(=O)c1ccc([N+](=O)[O-])cc1[N+](=O)[O-])c1ccc([N+](=O)[O-])cc1[N+](=O)[O-]. The summed E-state index contributed by atoms with van der Waals surface area (Å²) in [5.74, 6) is -1.63. The Morgan fingerprint density at radius 3 is 1.26 bits per heavy atom. The summed E-state index contributed by atoms with van der Waals surface area (Å²) < 4.78 is 0. The zero-order valence-electron chi connectivity index (χ0n) is 17.2. The van der Waals surface area contributed by atoms with Gasteiger partial charge >= 0.3 is 0 Å². The lowest BCUT2D eigenvalue weighted by Gasteiger charge is -2.07. The second-order valence-corrected chi connectivity index (χ2v) is 6.65. The van der Waals surface area contributed by atoms with Crippen molar-refractivity contribution in [2.24, 2.45) is 0 Å². The highest BCUT2D eigenvalue weighted by Crippen LogP contribution is 2.25. The van der Waals surface area contributed by atoms with Crippen LogP contribution in [0.1, 0.15) is 33.6 Å². The van der Waals surface area contributed by atoms with E-state index in [0.717, 1.165) is 24.3 Å². The zero-order chi connectivity index (χ0) is 25.4. The highest BCUT2D eigenvalue weighted by molar-refractivity contribution is 5.99. The number of rotatable bonds is 11. The molecule has 0 atom stereocenters. The fraction of sp³-hybridized carbons (Fsp3) is 0.222. The minimum atomic E-state index is -0.908. The fourth-order valence-corrected chi connectivity index (χ4v) is 2.80. The maximum atomic E-state index is 12.2. The number of carbonyl (C=O) groups excluding carboxylic acids is 2. The molecule has 2 aromatic rings. The quantitative estimate of drug-likeness (QED) is 0.273. The number of benzene rings is 2. The number of nitrogens with zero attached hydrogens (tertiary/aromatic N) is 4. The van der Waals surface area contributed by atoms with Crippen LogP contribution >= 0.6 is 0 Å². The second kappa shape index (κ2) is 11.0. The number of carbonyl (C=O) groups is 2. The summed E-state index contributed by atoms with van der Waals surface area (Å²) in [5, 5.41) is 48.6. The number of nitro benzene ring substituents is 4. The highest BCUT2D eigenvalue weighted by atomic mass is 16.6. The van der Waals surface area contributed by atoms with Crippen molar-refractivity contribution in [1.29, 1.82) is 0 Å². The van der Waals surface area contributed by atoms with Crippen molar-refractivity contribution in [3.05, 3.63) is 88.0 Å². The van der Waals surface area contributed by atoms with Crippen molar-refractivity contribution in [1.82, 2.24) is 10.6 Å². The molecule has 0 spiro atoms. The molecule has 0 radical (unpaired) electrons. The molecular formula is C18H16N6O10. The molecule has 0 aliphatic carbocycles. The molecule has 2 N–H and O–H groups in total. The molecule has 0 aliphatic rings. The van der Waals surface area contributed by atoms with Gasteiger partial charge in [0.25, 0.3) is 34.6 Å².